The first-order valence-corrected chi connectivity index (χ1v) is 21.0. The van der Waals surface area contributed by atoms with Crippen LogP contribution in [0.2, 0.25) is 0 Å². The molecular formula is C40H78N2O4S. The summed E-state index contributed by atoms with van der Waals surface area (Å²) in [5, 5.41) is 0. The van der Waals surface area contributed by atoms with Gasteiger partial charge in [0, 0.05) is 25.1 Å². The van der Waals surface area contributed by atoms with E-state index in [2.05, 4.69) is 24.8 Å². The van der Waals surface area contributed by atoms with Crippen molar-refractivity contribution >= 4 is 23.6 Å². The van der Waals surface area contributed by atoms with Gasteiger partial charge in [0.05, 0.1) is 24.6 Å². The van der Waals surface area contributed by atoms with Gasteiger partial charge in [-0.25, -0.2) is 0 Å². The van der Waals surface area contributed by atoms with Gasteiger partial charge in [-0.05, 0) is 39.9 Å². The summed E-state index contributed by atoms with van der Waals surface area (Å²) in [5.74, 6) is 2.32. The third kappa shape index (κ3) is 33.1. The van der Waals surface area contributed by atoms with Gasteiger partial charge in [0.2, 0.25) is 5.91 Å². The van der Waals surface area contributed by atoms with Gasteiger partial charge in [-0.1, -0.05) is 142 Å². The second-order valence-electron chi connectivity index (χ2n) is 13.6. The van der Waals surface area contributed by atoms with Gasteiger partial charge >= 0.3 is 5.97 Å². The zero-order valence-corrected chi connectivity index (χ0v) is 32.7. The highest BCUT2D eigenvalue weighted by molar-refractivity contribution is 7.99. The molecule has 0 bridgehead atoms. The fraction of sp³-hybridized carbons (Fsp3) is 0.900. The molecule has 0 aliphatic heterocycles. The van der Waals surface area contributed by atoms with Gasteiger partial charge < -0.3 is 19.3 Å². The number of amides is 1. The summed E-state index contributed by atoms with van der Waals surface area (Å²) in [6, 6.07) is 0. The van der Waals surface area contributed by atoms with E-state index in [-0.39, 0.29) is 18.5 Å². The molecule has 0 N–H and O–H groups in total. The van der Waals surface area contributed by atoms with Crippen LogP contribution in [-0.4, -0.2) is 80.1 Å². The first kappa shape index (κ1) is 45.8. The summed E-state index contributed by atoms with van der Waals surface area (Å²) < 4.78 is 11.7. The third-order valence-corrected chi connectivity index (χ3v) is 9.79. The Labute approximate surface area is 296 Å². The highest BCUT2D eigenvalue weighted by Crippen LogP contribution is 2.16. The fourth-order valence-corrected chi connectivity index (χ4v) is 6.68. The lowest BCUT2D eigenvalue weighted by Crippen LogP contribution is -2.38. The van der Waals surface area contributed by atoms with E-state index in [0.29, 0.717) is 31.9 Å². The van der Waals surface area contributed by atoms with Crippen LogP contribution in [0.4, 0.5) is 0 Å². The maximum atomic E-state index is 13.1. The van der Waals surface area contributed by atoms with E-state index >= 15 is 0 Å². The summed E-state index contributed by atoms with van der Waals surface area (Å²) in [5.41, 5.74) is 0. The van der Waals surface area contributed by atoms with Crippen LogP contribution in [-0.2, 0) is 19.1 Å². The lowest BCUT2D eigenvalue weighted by atomic mass is 10.0. The number of thioether (sulfide) groups is 1. The lowest BCUT2D eigenvalue weighted by Gasteiger charge is -2.23. The Morgan fingerprint density at radius 2 is 1.00 bits per heavy atom. The van der Waals surface area contributed by atoms with Crippen molar-refractivity contribution in [2.45, 2.75) is 175 Å². The van der Waals surface area contributed by atoms with E-state index in [0.717, 1.165) is 43.7 Å². The highest BCUT2D eigenvalue weighted by atomic mass is 32.2. The smallest absolute Gasteiger partial charge is 0.305 e. The molecule has 1 amide bonds. The third-order valence-electron chi connectivity index (χ3n) is 8.87. The largest absolute Gasteiger partial charge is 0.496 e. The monoisotopic (exact) mass is 683 g/mol. The van der Waals surface area contributed by atoms with Crippen LogP contribution in [0.15, 0.2) is 11.8 Å². The Morgan fingerprint density at radius 3 is 1.45 bits per heavy atom. The van der Waals surface area contributed by atoms with Crippen LogP contribution >= 0.6 is 11.8 Å². The second kappa shape index (κ2) is 36.1. The number of ether oxygens (including phenoxy) is 2. The summed E-state index contributed by atoms with van der Waals surface area (Å²) in [4.78, 5) is 29.4. The molecule has 0 rings (SSSR count). The van der Waals surface area contributed by atoms with Gasteiger partial charge in [0.15, 0.2) is 0 Å². The number of hydrogen-bond acceptors (Lipinski definition) is 6. The standard InChI is InChI=1S/C40H78N2O4S/c1-6-9-11-13-15-17-19-21-23-25-27-29-38(8-3)45-34-31-42(39(43)37-47-36-33-41(4)5)32-35-46-40(44)30-28-26-24-22-20-18-16-14-12-10-7-2/h8H,6-7,9-37H2,1-5H3. The van der Waals surface area contributed by atoms with Crippen LogP contribution in [0.25, 0.3) is 0 Å². The first-order chi connectivity index (χ1) is 22.9. The average Bonchev–Trinajstić information content (AvgIpc) is 3.06. The van der Waals surface area contributed by atoms with Gasteiger partial charge in [0.1, 0.15) is 13.2 Å². The molecule has 0 aromatic rings. The summed E-state index contributed by atoms with van der Waals surface area (Å²) in [6.07, 6.45) is 32.1. The van der Waals surface area contributed by atoms with Crippen molar-refractivity contribution in [1.82, 2.24) is 9.80 Å². The molecule has 6 nitrogen and oxygen atoms in total. The molecule has 0 heterocycles. The van der Waals surface area contributed by atoms with E-state index < -0.39 is 0 Å². The van der Waals surface area contributed by atoms with E-state index in [1.807, 2.05) is 25.9 Å². The molecule has 0 saturated carbocycles. The minimum Gasteiger partial charge on any atom is -0.496 e. The number of allylic oxidation sites excluding steroid dienone is 2. The predicted octanol–water partition coefficient (Wildman–Crippen LogP) is 11.0. The summed E-state index contributed by atoms with van der Waals surface area (Å²) >= 11 is 1.66. The van der Waals surface area contributed by atoms with E-state index in [1.165, 1.54) is 122 Å². The van der Waals surface area contributed by atoms with E-state index in [4.69, 9.17) is 9.47 Å². The zero-order chi connectivity index (χ0) is 34.6. The highest BCUT2D eigenvalue weighted by Gasteiger charge is 2.15. The number of carbonyl (C=O) groups is 2. The van der Waals surface area contributed by atoms with Crippen molar-refractivity contribution in [3.63, 3.8) is 0 Å². The lowest BCUT2D eigenvalue weighted by molar-refractivity contribution is -0.145. The minimum atomic E-state index is -0.145. The molecule has 0 unspecified atom stereocenters. The quantitative estimate of drug-likeness (QED) is 0.0372. The Kier molecular flexibility index (Phi) is 35.2. The minimum absolute atomic E-state index is 0.0890. The zero-order valence-electron chi connectivity index (χ0n) is 31.9. The molecule has 0 aromatic carbocycles. The Hall–Kier alpha value is -1.21. The van der Waals surface area contributed by atoms with Gasteiger partial charge in [-0.15, -0.1) is 0 Å². The van der Waals surface area contributed by atoms with Crippen LogP contribution in [0.1, 0.15) is 175 Å². The number of hydrogen-bond donors (Lipinski definition) is 0. The number of esters is 1. The molecule has 0 aromatic heterocycles. The number of rotatable bonds is 36. The first-order valence-electron chi connectivity index (χ1n) is 19.9. The molecule has 7 heteroatoms. The maximum Gasteiger partial charge on any atom is 0.305 e. The average molecular weight is 683 g/mol. The molecule has 0 fully saturated rings. The maximum absolute atomic E-state index is 13.1. The molecule has 0 saturated heterocycles. The molecule has 0 radical (unpaired) electrons. The summed E-state index contributed by atoms with van der Waals surface area (Å²) in [6.45, 7) is 9.17. The predicted molar refractivity (Wildman–Crippen MR) is 205 cm³/mol. The molecular weight excluding hydrogens is 605 g/mol. The van der Waals surface area contributed by atoms with Crippen molar-refractivity contribution in [1.29, 1.82) is 0 Å². The Morgan fingerprint density at radius 1 is 0.574 bits per heavy atom. The van der Waals surface area contributed by atoms with Gasteiger partial charge in [-0.3, -0.25) is 9.59 Å². The van der Waals surface area contributed by atoms with Crippen molar-refractivity contribution in [3.05, 3.63) is 11.8 Å². The molecule has 0 atom stereocenters. The number of carbonyl (C=O) groups excluding carboxylic acids is 2. The Balaban J connectivity index is 4.27. The molecule has 278 valence electrons. The van der Waals surface area contributed by atoms with E-state index in [9.17, 15) is 9.59 Å². The molecule has 0 aliphatic rings. The van der Waals surface area contributed by atoms with E-state index in [1.54, 1.807) is 11.8 Å². The van der Waals surface area contributed by atoms with Crippen molar-refractivity contribution in [3.8, 4) is 0 Å². The number of unbranched alkanes of at least 4 members (excludes halogenated alkanes) is 20. The van der Waals surface area contributed by atoms with Gasteiger partial charge in [0.25, 0.3) is 0 Å². The second-order valence-corrected chi connectivity index (χ2v) is 14.7. The fourth-order valence-electron chi connectivity index (χ4n) is 5.68. The molecule has 47 heavy (non-hydrogen) atoms. The van der Waals surface area contributed by atoms with Crippen LogP contribution < -0.4 is 0 Å². The Bertz CT molecular complexity index is 731. The SMILES string of the molecule is CC=C(CCCCCCCCCCCCC)OCCN(CCOC(=O)CCCCCCCCCCCCC)C(=O)CSCCN(C)C. The van der Waals surface area contributed by atoms with Crippen molar-refractivity contribution < 1.29 is 19.1 Å². The molecule has 0 spiro atoms. The molecule has 0 aliphatic carbocycles. The van der Waals surface area contributed by atoms with Crippen molar-refractivity contribution in [2.24, 2.45) is 0 Å². The summed E-state index contributed by atoms with van der Waals surface area (Å²) in [7, 11) is 4.10. The van der Waals surface area contributed by atoms with Crippen molar-refractivity contribution in [2.75, 3.05) is 58.4 Å². The number of nitrogens with zero attached hydrogens (tertiary/aromatic N) is 2. The topological polar surface area (TPSA) is 59.1 Å². The van der Waals surface area contributed by atoms with Crippen LogP contribution in [0.5, 0.6) is 0 Å². The van der Waals surface area contributed by atoms with Crippen LogP contribution in [0.3, 0.4) is 0 Å². The normalized spacial score (nSPS) is 11.7. The van der Waals surface area contributed by atoms with Crippen LogP contribution in [0, 0.1) is 0 Å². The van der Waals surface area contributed by atoms with Gasteiger partial charge in [-0.2, -0.15) is 11.8 Å².